The maximum absolute atomic E-state index is 4.48. The topological polar surface area (TPSA) is 78.0 Å². The number of aromatic nitrogens is 3. The van der Waals surface area contributed by atoms with Gasteiger partial charge in [-0.15, -0.1) is 13.2 Å². The van der Waals surface area contributed by atoms with E-state index >= 15 is 0 Å². The summed E-state index contributed by atoms with van der Waals surface area (Å²) in [6, 6.07) is 0. The Kier molecular flexibility index (Phi) is 8.59. The molecule has 0 aliphatic carbocycles. The fourth-order valence-corrected chi connectivity index (χ4v) is 1.78. The Hall–Kier alpha value is -2.15. The monoisotopic (exact) mass is 305 g/mol. The largest absolute Gasteiger partial charge is 0.351 e. The van der Waals surface area contributed by atoms with Crippen molar-refractivity contribution >= 4 is 17.8 Å². The van der Waals surface area contributed by atoms with Crippen LogP contribution >= 0.6 is 0 Å². The van der Waals surface area contributed by atoms with Crippen LogP contribution in [-0.2, 0) is 0 Å². The smallest absolute Gasteiger partial charge is 0.231 e. The quantitative estimate of drug-likeness (QED) is 0.399. The van der Waals surface area contributed by atoms with Crippen molar-refractivity contribution in [2.24, 2.45) is 0 Å². The van der Waals surface area contributed by atoms with E-state index in [2.05, 4.69) is 62.8 Å². The van der Waals surface area contributed by atoms with Crippen molar-refractivity contribution < 1.29 is 0 Å². The molecule has 0 amide bonds. The molecule has 0 unspecified atom stereocenters. The van der Waals surface area contributed by atoms with Gasteiger partial charge in [-0.05, 0) is 13.5 Å². The van der Waals surface area contributed by atoms with Crippen molar-refractivity contribution in [3.05, 3.63) is 25.3 Å². The molecule has 0 aromatic carbocycles. The Morgan fingerprint density at radius 3 is 2.05 bits per heavy atom. The molecule has 0 atom stereocenters. The number of likely N-dealkylation sites (N-methyl/N-ethyl adjacent to an activating group) is 2. The standard InChI is InChI=1S/C15H27N7/c1-5-9-17-13-19-14(18-10-6-2)21-15(20-13)22(8-4)12-11-16-7-3/h5-6,16H,1-2,7-12H2,3-4H3,(H2,17,18,19,20,21). The lowest BCUT2D eigenvalue weighted by Crippen LogP contribution is -2.33. The van der Waals surface area contributed by atoms with E-state index < -0.39 is 0 Å². The molecule has 1 rings (SSSR count). The summed E-state index contributed by atoms with van der Waals surface area (Å²) in [5, 5.41) is 9.53. The Labute approximate surface area is 132 Å². The molecule has 1 aromatic heterocycles. The predicted molar refractivity (Wildman–Crippen MR) is 93.6 cm³/mol. The molecule has 0 fully saturated rings. The summed E-state index contributed by atoms with van der Waals surface area (Å²) in [6.07, 6.45) is 3.53. The average Bonchev–Trinajstić information content (AvgIpc) is 2.55. The van der Waals surface area contributed by atoms with Crippen LogP contribution in [0.4, 0.5) is 17.8 Å². The molecule has 122 valence electrons. The van der Waals surface area contributed by atoms with Gasteiger partial charge >= 0.3 is 0 Å². The zero-order chi connectivity index (χ0) is 16.2. The van der Waals surface area contributed by atoms with Crippen molar-refractivity contribution in [2.45, 2.75) is 13.8 Å². The van der Waals surface area contributed by atoms with E-state index in [-0.39, 0.29) is 0 Å². The molecule has 0 spiro atoms. The molecule has 3 N–H and O–H groups in total. The third kappa shape index (κ3) is 6.09. The molecule has 22 heavy (non-hydrogen) atoms. The zero-order valence-electron chi connectivity index (χ0n) is 13.6. The highest BCUT2D eigenvalue weighted by Gasteiger charge is 2.11. The second-order valence-electron chi connectivity index (χ2n) is 4.55. The first kappa shape index (κ1) is 17.9. The summed E-state index contributed by atoms with van der Waals surface area (Å²) in [6.45, 7) is 16.3. The first-order valence-corrected chi connectivity index (χ1v) is 7.66. The highest BCUT2D eigenvalue weighted by atomic mass is 15.3. The third-order valence-corrected chi connectivity index (χ3v) is 2.91. The predicted octanol–water partition coefficient (Wildman–Crippen LogP) is 1.50. The van der Waals surface area contributed by atoms with E-state index in [0.29, 0.717) is 30.9 Å². The molecule has 0 saturated carbocycles. The van der Waals surface area contributed by atoms with E-state index in [1.54, 1.807) is 12.2 Å². The van der Waals surface area contributed by atoms with Crippen molar-refractivity contribution in [1.82, 2.24) is 20.3 Å². The summed E-state index contributed by atoms with van der Waals surface area (Å²) >= 11 is 0. The average molecular weight is 305 g/mol. The van der Waals surface area contributed by atoms with Crippen molar-refractivity contribution in [2.75, 3.05) is 54.8 Å². The van der Waals surface area contributed by atoms with Crippen LogP contribution in [0.5, 0.6) is 0 Å². The van der Waals surface area contributed by atoms with Crippen LogP contribution in [0.2, 0.25) is 0 Å². The van der Waals surface area contributed by atoms with Gasteiger partial charge in [0.05, 0.1) is 0 Å². The number of nitrogens with one attached hydrogen (secondary N) is 3. The van der Waals surface area contributed by atoms with Crippen LogP contribution in [0.3, 0.4) is 0 Å². The van der Waals surface area contributed by atoms with E-state index in [4.69, 9.17) is 0 Å². The number of anilines is 3. The summed E-state index contributed by atoms with van der Waals surface area (Å²) in [5.74, 6) is 1.74. The molecule has 7 nitrogen and oxygen atoms in total. The lowest BCUT2D eigenvalue weighted by atomic mass is 10.5. The highest BCUT2D eigenvalue weighted by molar-refractivity contribution is 5.44. The minimum atomic E-state index is 0.540. The van der Waals surface area contributed by atoms with Gasteiger partial charge in [0.2, 0.25) is 17.8 Å². The van der Waals surface area contributed by atoms with Gasteiger partial charge in [-0.2, -0.15) is 15.0 Å². The van der Waals surface area contributed by atoms with E-state index in [1.807, 2.05) is 0 Å². The third-order valence-electron chi connectivity index (χ3n) is 2.91. The van der Waals surface area contributed by atoms with Crippen LogP contribution in [0.15, 0.2) is 25.3 Å². The van der Waals surface area contributed by atoms with Crippen molar-refractivity contribution in [3.63, 3.8) is 0 Å². The van der Waals surface area contributed by atoms with E-state index in [0.717, 1.165) is 26.2 Å². The molecule has 0 aliphatic rings. The molecular formula is C15H27N7. The summed E-state index contributed by atoms with van der Waals surface area (Å²) < 4.78 is 0. The lowest BCUT2D eigenvalue weighted by Gasteiger charge is -2.21. The second kappa shape index (κ2) is 10.6. The van der Waals surface area contributed by atoms with Gasteiger partial charge in [-0.1, -0.05) is 19.1 Å². The van der Waals surface area contributed by atoms with Crippen LogP contribution in [-0.4, -0.2) is 54.2 Å². The molecule has 1 heterocycles. The molecule has 0 aliphatic heterocycles. The lowest BCUT2D eigenvalue weighted by molar-refractivity contribution is 0.677. The zero-order valence-corrected chi connectivity index (χ0v) is 13.6. The minimum absolute atomic E-state index is 0.540. The Balaban J connectivity index is 2.91. The van der Waals surface area contributed by atoms with Gasteiger partial charge in [-0.3, -0.25) is 0 Å². The molecular weight excluding hydrogens is 278 g/mol. The SMILES string of the molecule is C=CCNc1nc(NCC=C)nc(N(CC)CCNCC)n1. The molecule has 7 heteroatoms. The summed E-state index contributed by atoms with van der Waals surface area (Å²) in [5.41, 5.74) is 0. The van der Waals surface area contributed by atoms with Gasteiger partial charge in [0, 0.05) is 32.7 Å². The maximum atomic E-state index is 4.48. The van der Waals surface area contributed by atoms with Gasteiger partial charge in [0.15, 0.2) is 0 Å². The Morgan fingerprint density at radius 2 is 1.59 bits per heavy atom. The second-order valence-corrected chi connectivity index (χ2v) is 4.55. The number of rotatable bonds is 12. The van der Waals surface area contributed by atoms with Gasteiger partial charge in [0.25, 0.3) is 0 Å². The summed E-state index contributed by atoms with van der Waals surface area (Å²) in [7, 11) is 0. The van der Waals surface area contributed by atoms with Crippen molar-refractivity contribution in [3.8, 4) is 0 Å². The minimum Gasteiger partial charge on any atom is -0.351 e. The Morgan fingerprint density at radius 1 is 1.00 bits per heavy atom. The number of nitrogens with zero attached hydrogens (tertiary/aromatic N) is 4. The molecule has 0 bridgehead atoms. The maximum Gasteiger partial charge on any atom is 0.231 e. The molecule has 1 aromatic rings. The number of hydrogen-bond donors (Lipinski definition) is 3. The van der Waals surface area contributed by atoms with Crippen molar-refractivity contribution in [1.29, 1.82) is 0 Å². The normalized spacial score (nSPS) is 10.1. The van der Waals surface area contributed by atoms with Gasteiger partial charge in [-0.25, -0.2) is 0 Å². The van der Waals surface area contributed by atoms with Crippen LogP contribution in [0, 0.1) is 0 Å². The van der Waals surface area contributed by atoms with Crippen LogP contribution in [0.1, 0.15) is 13.8 Å². The highest BCUT2D eigenvalue weighted by Crippen LogP contribution is 2.13. The Bertz CT molecular complexity index is 431. The van der Waals surface area contributed by atoms with E-state index in [1.165, 1.54) is 0 Å². The van der Waals surface area contributed by atoms with Crippen LogP contribution in [0.25, 0.3) is 0 Å². The molecule has 0 radical (unpaired) electrons. The first-order valence-electron chi connectivity index (χ1n) is 7.66. The fraction of sp³-hybridized carbons (Fsp3) is 0.533. The van der Waals surface area contributed by atoms with E-state index in [9.17, 15) is 0 Å². The number of hydrogen-bond acceptors (Lipinski definition) is 7. The fourth-order valence-electron chi connectivity index (χ4n) is 1.78. The summed E-state index contributed by atoms with van der Waals surface area (Å²) in [4.78, 5) is 15.4. The van der Waals surface area contributed by atoms with Crippen LogP contribution < -0.4 is 20.9 Å². The molecule has 0 saturated heterocycles. The first-order chi connectivity index (χ1) is 10.7. The van der Waals surface area contributed by atoms with Gasteiger partial charge < -0.3 is 20.9 Å². The van der Waals surface area contributed by atoms with Gasteiger partial charge in [0.1, 0.15) is 0 Å².